The lowest BCUT2D eigenvalue weighted by molar-refractivity contribution is -0.144. The Kier molecular flexibility index (Phi) is 4.50. The molecule has 0 aromatic carbocycles. The number of carboxylic acids is 1. The van der Waals surface area contributed by atoms with Gasteiger partial charge in [-0.15, -0.1) is 0 Å². The molecule has 0 saturated carbocycles. The van der Waals surface area contributed by atoms with Crippen LogP contribution in [-0.4, -0.2) is 32.1 Å². The van der Waals surface area contributed by atoms with Gasteiger partial charge in [-0.1, -0.05) is 13.8 Å². The first-order valence-corrected chi connectivity index (χ1v) is 5.77. The molecule has 3 N–H and O–H groups in total. The van der Waals surface area contributed by atoms with Crippen LogP contribution in [0.15, 0.2) is 0 Å². The van der Waals surface area contributed by atoms with Crippen LogP contribution < -0.4 is 9.44 Å². The van der Waals surface area contributed by atoms with E-state index in [1.165, 1.54) is 7.05 Å². The maximum Gasteiger partial charge on any atom is 0.324 e. The molecule has 0 aromatic heterocycles. The average Bonchev–Trinajstić information content (AvgIpc) is 2.14. The van der Waals surface area contributed by atoms with Crippen molar-refractivity contribution in [1.82, 2.24) is 9.44 Å². The Labute approximate surface area is 83.9 Å². The lowest BCUT2D eigenvalue weighted by Crippen LogP contribution is -2.56. The minimum Gasteiger partial charge on any atom is -0.480 e. The van der Waals surface area contributed by atoms with Crippen LogP contribution in [0.25, 0.3) is 0 Å². The number of aliphatic carboxylic acids is 1. The van der Waals surface area contributed by atoms with E-state index in [0.717, 1.165) is 0 Å². The van der Waals surface area contributed by atoms with Crippen molar-refractivity contribution in [3.05, 3.63) is 0 Å². The smallest absolute Gasteiger partial charge is 0.324 e. The van der Waals surface area contributed by atoms with Crippen molar-refractivity contribution in [1.29, 1.82) is 0 Å². The van der Waals surface area contributed by atoms with Gasteiger partial charge in [-0.25, -0.2) is 4.72 Å². The van der Waals surface area contributed by atoms with Crippen molar-refractivity contribution < 1.29 is 18.3 Å². The Balaban J connectivity index is 4.96. The maximum absolute atomic E-state index is 11.2. The summed E-state index contributed by atoms with van der Waals surface area (Å²) in [7, 11) is -2.50. The molecule has 84 valence electrons. The molecule has 0 atom stereocenters. The second-order valence-corrected chi connectivity index (χ2v) is 4.52. The highest BCUT2D eigenvalue weighted by molar-refractivity contribution is 7.87. The maximum atomic E-state index is 11.2. The van der Waals surface area contributed by atoms with E-state index in [2.05, 4.69) is 4.72 Å². The molecule has 0 radical (unpaired) electrons. The fourth-order valence-corrected chi connectivity index (χ4v) is 2.04. The highest BCUT2D eigenvalue weighted by atomic mass is 32.2. The second-order valence-electron chi connectivity index (χ2n) is 2.90. The Morgan fingerprint density at radius 3 is 2.00 bits per heavy atom. The molecule has 0 bridgehead atoms. The zero-order valence-electron chi connectivity index (χ0n) is 8.49. The average molecular weight is 224 g/mol. The summed E-state index contributed by atoms with van der Waals surface area (Å²) in [6.45, 7) is 3.24. The van der Waals surface area contributed by atoms with Crippen molar-refractivity contribution >= 4 is 16.2 Å². The second kappa shape index (κ2) is 4.72. The van der Waals surface area contributed by atoms with Crippen LogP contribution in [0, 0.1) is 0 Å². The fourth-order valence-electron chi connectivity index (χ4n) is 1.05. The van der Waals surface area contributed by atoms with Crippen molar-refractivity contribution in [2.75, 3.05) is 7.05 Å². The van der Waals surface area contributed by atoms with E-state index in [1.54, 1.807) is 13.8 Å². The van der Waals surface area contributed by atoms with E-state index in [-0.39, 0.29) is 12.8 Å². The summed E-state index contributed by atoms with van der Waals surface area (Å²) >= 11 is 0. The lowest BCUT2D eigenvalue weighted by Gasteiger charge is -2.27. The molecule has 6 nitrogen and oxygen atoms in total. The molecule has 14 heavy (non-hydrogen) atoms. The number of carboxylic acid groups (broad SMARTS) is 1. The zero-order chi connectivity index (χ0) is 11.4. The molecular weight excluding hydrogens is 208 g/mol. The van der Waals surface area contributed by atoms with Gasteiger partial charge in [-0.3, -0.25) is 4.79 Å². The number of hydrogen-bond donors (Lipinski definition) is 3. The number of nitrogens with one attached hydrogen (secondary N) is 2. The van der Waals surface area contributed by atoms with Crippen LogP contribution in [0.3, 0.4) is 0 Å². The van der Waals surface area contributed by atoms with Crippen molar-refractivity contribution in [2.45, 2.75) is 32.2 Å². The minimum atomic E-state index is -3.73. The van der Waals surface area contributed by atoms with Crippen molar-refractivity contribution in [3.8, 4) is 0 Å². The van der Waals surface area contributed by atoms with Gasteiger partial charge in [0.05, 0.1) is 0 Å². The third-order valence-corrected chi connectivity index (χ3v) is 3.41. The van der Waals surface area contributed by atoms with Crippen LogP contribution in [-0.2, 0) is 15.0 Å². The molecule has 0 amide bonds. The van der Waals surface area contributed by atoms with Crippen LogP contribution >= 0.6 is 0 Å². The summed E-state index contributed by atoms with van der Waals surface area (Å²) in [4.78, 5) is 10.9. The van der Waals surface area contributed by atoms with Gasteiger partial charge in [0.1, 0.15) is 5.54 Å². The molecule has 0 aliphatic heterocycles. The minimum absolute atomic E-state index is 0.194. The third-order valence-electron chi connectivity index (χ3n) is 2.21. The van der Waals surface area contributed by atoms with Crippen LogP contribution in [0.4, 0.5) is 0 Å². The standard InChI is InChI=1S/C7H16N2O4S/c1-4-7(5-2,6(10)11)9-14(12,13)8-3/h8-9H,4-5H2,1-3H3,(H,10,11). The Hall–Kier alpha value is -0.660. The topological polar surface area (TPSA) is 95.5 Å². The summed E-state index contributed by atoms with van der Waals surface area (Å²) < 4.78 is 26.4. The van der Waals surface area contributed by atoms with E-state index in [9.17, 15) is 13.2 Å². The highest BCUT2D eigenvalue weighted by Crippen LogP contribution is 2.16. The first-order valence-electron chi connectivity index (χ1n) is 4.29. The van der Waals surface area contributed by atoms with Crippen molar-refractivity contribution in [3.63, 3.8) is 0 Å². The summed E-state index contributed by atoms with van der Waals surface area (Å²) in [6, 6.07) is 0. The molecule has 0 rings (SSSR count). The predicted molar refractivity (Wildman–Crippen MR) is 52.1 cm³/mol. The Bertz CT molecular complexity index is 295. The monoisotopic (exact) mass is 224 g/mol. The summed E-state index contributed by atoms with van der Waals surface area (Å²) in [5, 5.41) is 8.93. The SMILES string of the molecule is CCC(CC)(NS(=O)(=O)NC)C(=O)O. The third kappa shape index (κ3) is 2.93. The van der Waals surface area contributed by atoms with Crippen LogP contribution in [0.5, 0.6) is 0 Å². The largest absolute Gasteiger partial charge is 0.480 e. The number of carbonyl (C=O) groups is 1. The quantitative estimate of drug-likeness (QED) is 0.576. The van der Waals surface area contributed by atoms with Gasteiger partial charge in [0.25, 0.3) is 10.2 Å². The van der Waals surface area contributed by atoms with Gasteiger partial charge in [0.15, 0.2) is 0 Å². The highest BCUT2D eigenvalue weighted by Gasteiger charge is 2.38. The molecule has 0 aliphatic rings. The van der Waals surface area contributed by atoms with Crippen molar-refractivity contribution in [2.24, 2.45) is 0 Å². The molecule has 0 spiro atoms. The van der Waals surface area contributed by atoms with E-state index < -0.39 is 21.7 Å². The number of hydrogen-bond acceptors (Lipinski definition) is 3. The van der Waals surface area contributed by atoms with Gasteiger partial charge >= 0.3 is 5.97 Å². The Morgan fingerprint density at radius 1 is 1.36 bits per heavy atom. The molecule has 0 saturated heterocycles. The predicted octanol–water partition coefficient (Wildman–Crippen LogP) is -0.316. The first kappa shape index (κ1) is 13.3. The fraction of sp³-hybridized carbons (Fsp3) is 0.857. The first-order chi connectivity index (χ1) is 6.33. The summed E-state index contributed by atoms with van der Waals surface area (Å²) in [5.41, 5.74) is -1.41. The molecule has 0 fully saturated rings. The van der Waals surface area contributed by atoms with E-state index >= 15 is 0 Å². The van der Waals surface area contributed by atoms with Crippen LogP contribution in [0.2, 0.25) is 0 Å². The van der Waals surface area contributed by atoms with E-state index in [0.29, 0.717) is 0 Å². The summed E-state index contributed by atoms with van der Waals surface area (Å²) in [5.74, 6) is -1.17. The summed E-state index contributed by atoms with van der Waals surface area (Å²) in [6.07, 6.45) is 0.388. The molecule has 0 aliphatic carbocycles. The molecule has 7 heteroatoms. The van der Waals surface area contributed by atoms with E-state index in [1.807, 2.05) is 4.72 Å². The van der Waals surface area contributed by atoms with Gasteiger partial charge < -0.3 is 5.11 Å². The molecule has 0 heterocycles. The molecule has 0 aromatic rings. The Morgan fingerprint density at radius 2 is 1.79 bits per heavy atom. The van der Waals surface area contributed by atoms with Gasteiger partial charge in [-0.05, 0) is 12.8 Å². The normalized spacial score (nSPS) is 12.8. The van der Waals surface area contributed by atoms with Gasteiger partial charge in [0.2, 0.25) is 0 Å². The van der Waals surface area contributed by atoms with Crippen LogP contribution in [0.1, 0.15) is 26.7 Å². The van der Waals surface area contributed by atoms with Gasteiger partial charge in [0, 0.05) is 7.05 Å². The zero-order valence-corrected chi connectivity index (χ0v) is 9.31. The van der Waals surface area contributed by atoms with Gasteiger partial charge in [-0.2, -0.15) is 13.1 Å². The van der Waals surface area contributed by atoms with E-state index in [4.69, 9.17) is 5.11 Å². The number of rotatable bonds is 6. The molecule has 0 unspecified atom stereocenters. The lowest BCUT2D eigenvalue weighted by atomic mass is 9.95. The molecular formula is C7H16N2O4S.